The molecule has 0 atom stereocenters. The van der Waals surface area contributed by atoms with E-state index in [0.717, 1.165) is 17.1 Å². The summed E-state index contributed by atoms with van der Waals surface area (Å²) in [5, 5.41) is 24.7. The summed E-state index contributed by atoms with van der Waals surface area (Å²) in [5.74, 6) is -1.29. The number of hydrogen-bond acceptors (Lipinski definition) is 8. The SMILES string of the molecule is CCn1cc(NC(=O)Cn2cc(-c3nc(C)cc(NC)n3)cn2)nn1.O=C(O)C(F)(F)F. The Morgan fingerprint density at radius 3 is 2.41 bits per heavy atom. The summed E-state index contributed by atoms with van der Waals surface area (Å²) >= 11 is 0. The molecule has 3 aromatic heterocycles. The molecule has 172 valence electrons. The highest BCUT2D eigenvalue weighted by Gasteiger charge is 2.38. The average molecular weight is 455 g/mol. The van der Waals surface area contributed by atoms with E-state index in [2.05, 4.69) is 36.0 Å². The first kappa shape index (κ1) is 24.2. The maximum absolute atomic E-state index is 12.1. The van der Waals surface area contributed by atoms with Gasteiger partial charge in [-0.15, -0.1) is 5.10 Å². The molecule has 3 rings (SSSR count). The van der Waals surface area contributed by atoms with Crippen molar-refractivity contribution in [1.82, 2.24) is 34.7 Å². The van der Waals surface area contributed by atoms with Gasteiger partial charge in [-0.25, -0.2) is 14.8 Å². The minimum Gasteiger partial charge on any atom is -0.475 e. The predicted molar refractivity (Wildman–Crippen MR) is 106 cm³/mol. The Labute approximate surface area is 179 Å². The molecule has 0 bridgehead atoms. The van der Waals surface area contributed by atoms with Crippen LogP contribution >= 0.6 is 0 Å². The molecule has 15 heteroatoms. The molecule has 32 heavy (non-hydrogen) atoms. The number of anilines is 2. The van der Waals surface area contributed by atoms with E-state index in [4.69, 9.17) is 9.90 Å². The fourth-order valence-corrected chi connectivity index (χ4v) is 2.23. The minimum atomic E-state index is -5.08. The van der Waals surface area contributed by atoms with Gasteiger partial charge in [0.25, 0.3) is 0 Å². The lowest BCUT2D eigenvalue weighted by Gasteiger charge is -2.03. The van der Waals surface area contributed by atoms with E-state index in [1.807, 2.05) is 19.9 Å². The molecule has 0 fully saturated rings. The number of aromatic nitrogens is 7. The Morgan fingerprint density at radius 1 is 1.16 bits per heavy atom. The standard InChI is InChI=1S/C15H19N9O.C2HF3O2/c1-4-23-8-13(21-22-23)19-14(25)9-24-7-11(6-17-24)15-18-10(2)5-12(16-3)20-15;3-2(4,5)1(6)7/h5-8H,4,9H2,1-3H3,(H,19,25)(H,16,18,20);(H,6,7). The van der Waals surface area contributed by atoms with Gasteiger partial charge in [0.15, 0.2) is 11.6 Å². The van der Waals surface area contributed by atoms with Crippen molar-refractivity contribution in [3.05, 3.63) is 30.4 Å². The molecule has 0 saturated heterocycles. The van der Waals surface area contributed by atoms with Crippen LogP contribution in [0.4, 0.5) is 24.8 Å². The Kier molecular flexibility index (Phi) is 7.81. The Morgan fingerprint density at radius 2 is 1.84 bits per heavy atom. The van der Waals surface area contributed by atoms with Crippen LogP contribution in [0.3, 0.4) is 0 Å². The molecular weight excluding hydrogens is 435 g/mol. The molecule has 3 aromatic rings. The molecule has 0 aliphatic carbocycles. The second-order valence-corrected chi connectivity index (χ2v) is 6.21. The predicted octanol–water partition coefficient (Wildman–Crippen LogP) is 1.57. The molecule has 1 amide bonds. The van der Waals surface area contributed by atoms with Crippen molar-refractivity contribution in [3.63, 3.8) is 0 Å². The van der Waals surface area contributed by atoms with Crippen molar-refractivity contribution >= 4 is 23.5 Å². The van der Waals surface area contributed by atoms with Crippen molar-refractivity contribution in [2.75, 3.05) is 17.7 Å². The zero-order valence-corrected chi connectivity index (χ0v) is 17.3. The molecule has 3 heterocycles. The molecule has 0 aliphatic heterocycles. The van der Waals surface area contributed by atoms with Crippen molar-refractivity contribution in [1.29, 1.82) is 0 Å². The number of alkyl halides is 3. The number of halogens is 3. The van der Waals surface area contributed by atoms with Crippen LogP contribution in [-0.2, 0) is 22.7 Å². The normalized spacial score (nSPS) is 10.8. The van der Waals surface area contributed by atoms with Crippen LogP contribution < -0.4 is 10.6 Å². The van der Waals surface area contributed by atoms with Gasteiger partial charge in [0.05, 0.1) is 18.0 Å². The van der Waals surface area contributed by atoms with Crippen LogP contribution in [0.15, 0.2) is 24.7 Å². The minimum absolute atomic E-state index is 0.0592. The van der Waals surface area contributed by atoms with Crippen LogP contribution in [0.25, 0.3) is 11.4 Å². The van der Waals surface area contributed by atoms with Gasteiger partial charge >= 0.3 is 12.1 Å². The third-order valence-corrected chi connectivity index (χ3v) is 3.68. The lowest BCUT2D eigenvalue weighted by atomic mass is 10.3. The highest BCUT2D eigenvalue weighted by atomic mass is 19.4. The number of carbonyl (C=O) groups excluding carboxylic acids is 1. The maximum atomic E-state index is 12.1. The van der Waals surface area contributed by atoms with Gasteiger partial charge in [0.2, 0.25) is 5.91 Å². The first-order valence-corrected chi connectivity index (χ1v) is 9.08. The fraction of sp³-hybridized carbons (Fsp3) is 0.353. The second-order valence-electron chi connectivity index (χ2n) is 6.21. The van der Waals surface area contributed by atoms with Gasteiger partial charge in [-0.3, -0.25) is 14.2 Å². The molecule has 0 aliphatic rings. The fourth-order valence-electron chi connectivity index (χ4n) is 2.23. The number of carbonyl (C=O) groups is 2. The van der Waals surface area contributed by atoms with E-state index < -0.39 is 12.1 Å². The van der Waals surface area contributed by atoms with Crippen molar-refractivity contribution in [2.45, 2.75) is 33.1 Å². The summed E-state index contributed by atoms with van der Waals surface area (Å²) in [6, 6.07) is 1.85. The summed E-state index contributed by atoms with van der Waals surface area (Å²) in [6.07, 6.45) is -0.0438. The van der Waals surface area contributed by atoms with Crippen molar-refractivity contribution < 1.29 is 27.9 Å². The number of hydrogen-bond donors (Lipinski definition) is 3. The summed E-state index contributed by atoms with van der Waals surface area (Å²) in [5.41, 5.74) is 1.59. The lowest BCUT2D eigenvalue weighted by molar-refractivity contribution is -0.192. The molecule has 3 N–H and O–H groups in total. The molecule has 0 saturated carbocycles. The Hall–Kier alpha value is -4.04. The third kappa shape index (κ3) is 7.03. The van der Waals surface area contributed by atoms with E-state index in [1.165, 1.54) is 4.68 Å². The van der Waals surface area contributed by atoms with Gasteiger partial charge in [-0.05, 0) is 13.8 Å². The van der Waals surface area contributed by atoms with Gasteiger partial charge < -0.3 is 15.7 Å². The number of amides is 1. The number of nitrogens with zero attached hydrogens (tertiary/aromatic N) is 7. The van der Waals surface area contributed by atoms with Crippen LogP contribution in [0.1, 0.15) is 12.6 Å². The smallest absolute Gasteiger partial charge is 0.475 e. The quantitative estimate of drug-likeness (QED) is 0.503. The van der Waals surface area contributed by atoms with Crippen LogP contribution in [-0.4, -0.2) is 64.9 Å². The summed E-state index contributed by atoms with van der Waals surface area (Å²) in [4.78, 5) is 29.8. The Bertz CT molecular complexity index is 1080. The van der Waals surface area contributed by atoms with E-state index in [-0.39, 0.29) is 12.5 Å². The molecule has 0 spiro atoms. The largest absolute Gasteiger partial charge is 0.490 e. The molecule has 12 nitrogen and oxygen atoms in total. The topological polar surface area (TPSA) is 153 Å². The molecule has 0 aromatic carbocycles. The van der Waals surface area contributed by atoms with E-state index in [9.17, 15) is 18.0 Å². The molecular formula is C17H20F3N9O3. The maximum Gasteiger partial charge on any atom is 0.490 e. The van der Waals surface area contributed by atoms with Crippen molar-refractivity contribution in [3.8, 4) is 11.4 Å². The van der Waals surface area contributed by atoms with Crippen LogP contribution in [0, 0.1) is 6.92 Å². The number of rotatable bonds is 6. The lowest BCUT2D eigenvalue weighted by Crippen LogP contribution is -2.21. The van der Waals surface area contributed by atoms with Gasteiger partial charge in [-0.2, -0.15) is 18.3 Å². The first-order chi connectivity index (χ1) is 15.0. The number of aryl methyl sites for hydroxylation is 2. The van der Waals surface area contributed by atoms with Crippen LogP contribution in [0.2, 0.25) is 0 Å². The average Bonchev–Trinajstić information content (AvgIpc) is 3.36. The highest BCUT2D eigenvalue weighted by molar-refractivity contribution is 5.89. The van der Waals surface area contributed by atoms with Gasteiger partial charge in [-0.1, -0.05) is 5.21 Å². The zero-order valence-electron chi connectivity index (χ0n) is 17.3. The molecule has 0 radical (unpaired) electrons. The van der Waals surface area contributed by atoms with E-state index in [0.29, 0.717) is 18.2 Å². The first-order valence-electron chi connectivity index (χ1n) is 9.08. The highest BCUT2D eigenvalue weighted by Crippen LogP contribution is 2.17. The number of aliphatic carboxylic acids is 1. The summed E-state index contributed by atoms with van der Waals surface area (Å²) < 4.78 is 34.9. The van der Waals surface area contributed by atoms with Crippen LogP contribution in [0.5, 0.6) is 0 Å². The van der Waals surface area contributed by atoms with Gasteiger partial charge in [0, 0.05) is 31.5 Å². The molecule has 0 unspecified atom stereocenters. The Balaban J connectivity index is 0.000000451. The number of carboxylic acids is 1. The zero-order chi connectivity index (χ0) is 23.9. The van der Waals surface area contributed by atoms with Gasteiger partial charge in [0.1, 0.15) is 12.4 Å². The van der Waals surface area contributed by atoms with Crippen molar-refractivity contribution in [2.24, 2.45) is 0 Å². The summed E-state index contributed by atoms with van der Waals surface area (Å²) in [6.45, 7) is 4.59. The van der Waals surface area contributed by atoms with E-state index >= 15 is 0 Å². The third-order valence-electron chi connectivity index (χ3n) is 3.68. The van der Waals surface area contributed by atoms with E-state index in [1.54, 1.807) is 30.3 Å². The monoisotopic (exact) mass is 455 g/mol. The number of nitrogens with one attached hydrogen (secondary N) is 2. The summed E-state index contributed by atoms with van der Waals surface area (Å²) in [7, 11) is 1.80. The second kappa shape index (κ2) is 10.3. The number of carboxylic acid groups (broad SMARTS) is 1.